The number of nitrogens with zero attached hydrogens (tertiary/aromatic N) is 2. The SMILES string of the molecule is CCc1ccccc1N(CC(=O)N(Cc1cccc(C)c1)C(Cc1ccccc1)C(=O)NC(C)C)S(=O)(=O)c1ccccc1. The van der Waals surface area contributed by atoms with Crippen LogP contribution >= 0.6 is 0 Å². The van der Waals surface area contributed by atoms with Crippen LogP contribution in [0, 0.1) is 6.92 Å². The molecule has 4 rings (SSSR count). The fraction of sp³-hybridized carbons (Fsp3) is 0.278. The van der Waals surface area contributed by atoms with Gasteiger partial charge in [0.05, 0.1) is 10.6 Å². The second-order valence-electron chi connectivity index (χ2n) is 11.2. The van der Waals surface area contributed by atoms with Gasteiger partial charge in [0.1, 0.15) is 12.6 Å². The molecule has 1 N–H and O–H groups in total. The molecule has 1 atom stereocenters. The predicted octanol–water partition coefficient (Wildman–Crippen LogP) is 5.92. The van der Waals surface area contributed by atoms with Crippen molar-refractivity contribution in [3.05, 3.63) is 131 Å². The molecule has 2 amide bonds. The molecule has 230 valence electrons. The molecule has 0 saturated heterocycles. The van der Waals surface area contributed by atoms with E-state index in [-0.39, 0.29) is 29.8 Å². The molecular formula is C36H41N3O4S. The third-order valence-electron chi connectivity index (χ3n) is 7.39. The number of aryl methyl sites for hydroxylation is 2. The van der Waals surface area contributed by atoms with E-state index in [4.69, 9.17) is 0 Å². The van der Waals surface area contributed by atoms with E-state index in [1.54, 1.807) is 30.3 Å². The third-order valence-corrected chi connectivity index (χ3v) is 9.16. The lowest BCUT2D eigenvalue weighted by molar-refractivity contribution is -0.140. The molecule has 0 saturated carbocycles. The summed E-state index contributed by atoms with van der Waals surface area (Å²) in [6, 6.07) is 31.6. The summed E-state index contributed by atoms with van der Waals surface area (Å²) < 4.78 is 29.5. The van der Waals surface area contributed by atoms with Crippen molar-refractivity contribution in [2.45, 2.75) is 64.1 Å². The number of carbonyl (C=O) groups is 2. The molecule has 7 nitrogen and oxygen atoms in total. The van der Waals surface area contributed by atoms with Crippen LogP contribution in [0.2, 0.25) is 0 Å². The van der Waals surface area contributed by atoms with E-state index < -0.39 is 28.5 Å². The second kappa shape index (κ2) is 14.8. The predicted molar refractivity (Wildman–Crippen MR) is 176 cm³/mol. The summed E-state index contributed by atoms with van der Waals surface area (Å²) >= 11 is 0. The minimum absolute atomic E-state index is 0.0855. The fourth-order valence-corrected chi connectivity index (χ4v) is 6.70. The lowest BCUT2D eigenvalue weighted by Crippen LogP contribution is -2.54. The smallest absolute Gasteiger partial charge is 0.264 e. The van der Waals surface area contributed by atoms with Crippen molar-refractivity contribution < 1.29 is 18.0 Å². The third kappa shape index (κ3) is 8.14. The summed E-state index contributed by atoms with van der Waals surface area (Å²) in [6.07, 6.45) is 0.847. The number of nitrogens with one attached hydrogen (secondary N) is 1. The number of benzene rings is 4. The highest BCUT2D eigenvalue weighted by molar-refractivity contribution is 7.92. The summed E-state index contributed by atoms with van der Waals surface area (Å²) in [5.41, 5.74) is 3.99. The highest BCUT2D eigenvalue weighted by Gasteiger charge is 2.35. The maximum Gasteiger partial charge on any atom is 0.264 e. The maximum absolute atomic E-state index is 14.6. The van der Waals surface area contributed by atoms with E-state index in [0.717, 1.165) is 22.3 Å². The summed E-state index contributed by atoms with van der Waals surface area (Å²) in [7, 11) is -4.13. The summed E-state index contributed by atoms with van der Waals surface area (Å²) in [4.78, 5) is 30.0. The molecule has 44 heavy (non-hydrogen) atoms. The molecular weight excluding hydrogens is 570 g/mol. The monoisotopic (exact) mass is 611 g/mol. The van der Waals surface area contributed by atoms with Crippen molar-refractivity contribution in [1.29, 1.82) is 0 Å². The number of para-hydroxylation sites is 1. The lowest BCUT2D eigenvalue weighted by atomic mass is 10.0. The highest BCUT2D eigenvalue weighted by atomic mass is 32.2. The summed E-state index contributed by atoms with van der Waals surface area (Å²) in [5, 5.41) is 2.99. The first-order chi connectivity index (χ1) is 21.1. The van der Waals surface area contributed by atoms with Crippen molar-refractivity contribution >= 4 is 27.5 Å². The Bertz CT molecular complexity index is 1660. The molecule has 0 aromatic heterocycles. The van der Waals surface area contributed by atoms with E-state index in [9.17, 15) is 18.0 Å². The van der Waals surface area contributed by atoms with Crippen LogP contribution in [0.5, 0.6) is 0 Å². The topological polar surface area (TPSA) is 86.8 Å². The van der Waals surface area contributed by atoms with Gasteiger partial charge in [-0.15, -0.1) is 0 Å². The molecule has 8 heteroatoms. The van der Waals surface area contributed by atoms with Crippen LogP contribution in [0.3, 0.4) is 0 Å². The molecule has 0 heterocycles. The molecule has 0 bridgehead atoms. The minimum atomic E-state index is -4.13. The largest absolute Gasteiger partial charge is 0.352 e. The maximum atomic E-state index is 14.6. The molecule has 4 aromatic carbocycles. The molecule has 4 aromatic rings. The molecule has 0 fully saturated rings. The van der Waals surface area contributed by atoms with Gasteiger partial charge in [-0.05, 0) is 62.1 Å². The van der Waals surface area contributed by atoms with Gasteiger partial charge >= 0.3 is 0 Å². The Balaban J connectivity index is 1.83. The lowest BCUT2D eigenvalue weighted by Gasteiger charge is -2.34. The average Bonchev–Trinajstić information content (AvgIpc) is 3.02. The highest BCUT2D eigenvalue weighted by Crippen LogP contribution is 2.28. The van der Waals surface area contributed by atoms with Gasteiger partial charge in [-0.3, -0.25) is 13.9 Å². The van der Waals surface area contributed by atoms with Gasteiger partial charge in [-0.2, -0.15) is 0 Å². The minimum Gasteiger partial charge on any atom is -0.352 e. The molecule has 0 spiro atoms. The first-order valence-corrected chi connectivity index (χ1v) is 16.4. The van der Waals surface area contributed by atoms with Gasteiger partial charge in [0.2, 0.25) is 11.8 Å². The Morgan fingerprint density at radius 1 is 0.795 bits per heavy atom. The van der Waals surface area contributed by atoms with Gasteiger partial charge in [-0.1, -0.05) is 103 Å². The number of sulfonamides is 1. The van der Waals surface area contributed by atoms with Gasteiger partial charge in [0, 0.05) is 19.0 Å². The molecule has 0 aliphatic carbocycles. The Morgan fingerprint density at radius 2 is 1.41 bits per heavy atom. The van der Waals surface area contributed by atoms with Crippen LogP contribution in [-0.4, -0.2) is 43.8 Å². The van der Waals surface area contributed by atoms with Crippen molar-refractivity contribution in [3.8, 4) is 0 Å². The van der Waals surface area contributed by atoms with Gasteiger partial charge < -0.3 is 10.2 Å². The van der Waals surface area contributed by atoms with Crippen LogP contribution in [0.15, 0.2) is 114 Å². The van der Waals surface area contributed by atoms with Crippen LogP contribution in [0.1, 0.15) is 43.0 Å². The first kappa shape index (κ1) is 32.5. The number of amides is 2. The van der Waals surface area contributed by atoms with Crippen LogP contribution in [-0.2, 0) is 39.0 Å². The van der Waals surface area contributed by atoms with E-state index in [1.165, 1.54) is 21.3 Å². The van der Waals surface area contributed by atoms with Crippen molar-refractivity contribution in [2.75, 3.05) is 10.8 Å². The van der Waals surface area contributed by atoms with Gasteiger partial charge in [-0.25, -0.2) is 8.42 Å². The summed E-state index contributed by atoms with van der Waals surface area (Å²) in [6.45, 7) is 7.33. The number of hydrogen-bond acceptors (Lipinski definition) is 4. The second-order valence-corrected chi connectivity index (χ2v) is 13.0. The van der Waals surface area contributed by atoms with E-state index >= 15 is 0 Å². The zero-order valence-electron chi connectivity index (χ0n) is 25.8. The summed E-state index contributed by atoms with van der Waals surface area (Å²) in [5.74, 6) is -0.770. The van der Waals surface area contributed by atoms with Gasteiger partial charge in [0.25, 0.3) is 10.0 Å². The quantitative estimate of drug-likeness (QED) is 0.204. The molecule has 1 unspecified atom stereocenters. The first-order valence-electron chi connectivity index (χ1n) is 14.9. The number of rotatable bonds is 13. The zero-order chi connectivity index (χ0) is 31.7. The van der Waals surface area contributed by atoms with Crippen molar-refractivity contribution in [3.63, 3.8) is 0 Å². The molecule has 0 radical (unpaired) electrons. The number of anilines is 1. The Hall–Kier alpha value is -4.43. The van der Waals surface area contributed by atoms with Crippen molar-refractivity contribution in [1.82, 2.24) is 10.2 Å². The fourth-order valence-electron chi connectivity index (χ4n) is 5.23. The molecule has 0 aliphatic rings. The Labute approximate surface area is 261 Å². The van der Waals surface area contributed by atoms with E-state index in [1.807, 2.05) is 94.4 Å². The molecule has 0 aliphatic heterocycles. The number of hydrogen-bond donors (Lipinski definition) is 1. The van der Waals surface area contributed by atoms with Crippen LogP contribution in [0.25, 0.3) is 0 Å². The van der Waals surface area contributed by atoms with Crippen LogP contribution in [0.4, 0.5) is 5.69 Å². The average molecular weight is 612 g/mol. The van der Waals surface area contributed by atoms with E-state index in [2.05, 4.69) is 5.32 Å². The van der Waals surface area contributed by atoms with Gasteiger partial charge in [0.15, 0.2) is 0 Å². The Morgan fingerprint density at radius 3 is 2.05 bits per heavy atom. The van der Waals surface area contributed by atoms with E-state index in [0.29, 0.717) is 12.1 Å². The Kier molecular flexibility index (Phi) is 11.0. The number of carbonyl (C=O) groups excluding carboxylic acids is 2. The van der Waals surface area contributed by atoms with Crippen LogP contribution < -0.4 is 9.62 Å². The zero-order valence-corrected chi connectivity index (χ0v) is 26.6. The normalized spacial score (nSPS) is 12.0. The standard InChI is InChI=1S/C36H41N3O4S/c1-5-31-19-12-13-22-33(31)39(44(42,43)32-20-10-7-11-21-32)26-35(40)38(25-30-18-14-15-28(4)23-30)34(36(41)37-27(2)3)24-29-16-8-6-9-17-29/h6-23,27,34H,5,24-26H2,1-4H3,(H,37,41). The van der Waals surface area contributed by atoms with Crippen molar-refractivity contribution in [2.24, 2.45) is 0 Å².